The molecule has 0 amide bonds. The zero-order valence-electron chi connectivity index (χ0n) is 12.2. The summed E-state index contributed by atoms with van der Waals surface area (Å²) in [5.41, 5.74) is 0.974. The number of rotatable bonds is 6. The van der Waals surface area contributed by atoms with Crippen molar-refractivity contribution in [2.45, 2.75) is 45.2 Å². The molecule has 1 aliphatic rings. The third-order valence-electron chi connectivity index (χ3n) is 4.01. The molecule has 1 heterocycles. The van der Waals surface area contributed by atoms with Crippen LogP contribution < -0.4 is 5.32 Å². The summed E-state index contributed by atoms with van der Waals surface area (Å²) >= 11 is 6.04. The lowest BCUT2D eigenvalue weighted by Crippen LogP contribution is -2.42. The Kier molecular flexibility index (Phi) is 6.27. The van der Waals surface area contributed by atoms with Crippen LogP contribution >= 0.6 is 11.6 Å². The van der Waals surface area contributed by atoms with Crippen molar-refractivity contribution < 1.29 is 4.39 Å². The lowest BCUT2D eigenvalue weighted by atomic mass is 10.0. The molecule has 20 heavy (non-hydrogen) atoms. The predicted molar refractivity (Wildman–Crippen MR) is 82.6 cm³/mol. The van der Waals surface area contributed by atoms with Gasteiger partial charge in [-0.15, -0.1) is 0 Å². The Labute approximate surface area is 126 Å². The molecule has 0 radical (unpaired) electrons. The van der Waals surface area contributed by atoms with Crippen LogP contribution in [0.15, 0.2) is 18.2 Å². The molecule has 0 aliphatic carbocycles. The van der Waals surface area contributed by atoms with E-state index in [9.17, 15) is 4.39 Å². The van der Waals surface area contributed by atoms with Crippen molar-refractivity contribution in [2.24, 2.45) is 0 Å². The molecule has 1 fully saturated rings. The number of nitrogens with zero attached hydrogens (tertiary/aromatic N) is 1. The number of hydrogen-bond donors (Lipinski definition) is 1. The monoisotopic (exact) mass is 298 g/mol. The van der Waals surface area contributed by atoms with Gasteiger partial charge in [0.2, 0.25) is 0 Å². The number of benzene rings is 1. The summed E-state index contributed by atoms with van der Waals surface area (Å²) in [6.07, 6.45) is 4.93. The van der Waals surface area contributed by atoms with Crippen LogP contribution in [-0.4, -0.2) is 30.6 Å². The van der Waals surface area contributed by atoms with Gasteiger partial charge in [-0.25, -0.2) is 4.39 Å². The Morgan fingerprint density at radius 2 is 2.10 bits per heavy atom. The summed E-state index contributed by atoms with van der Waals surface area (Å²) in [6, 6.07) is 5.16. The number of nitrogens with one attached hydrogen (secondary N) is 1. The van der Waals surface area contributed by atoms with Crippen molar-refractivity contribution in [3.63, 3.8) is 0 Å². The average Bonchev–Trinajstić information content (AvgIpc) is 2.45. The zero-order chi connectivity index (χ0) is 14.4. The predicted octanol–water partition coefficient (Wildman–Crippen LogP) is 3.83. The number of halogens is 2. The Hall–Kier alpha value is -0.640. The zero-order valence-corrected chi connectivity index (χ0v) is 12.9. The van der Waals surface area contributed by atoms with Gasteiger partial charge in [0.25, 0.3) is 0 Å². The molecule has 112 valence electrons. The maximum atomic E-state index is 13.0. The van der Waals surface area contributed by atoms with Gasteiger partial charge in [0, 0.05) is 17.6 Å². The second kappa shape index (κ2) is 7.96. The highest BCUT2D eigenvalue weighted by Gasteiger charge is 2.18. The lowest BCUT2D eigenvalue weighted by Gasteiger charge is -2.32. The van der Waals surface area contributed by atoms with Gasteiger partial charge in [-0.3, -0.25) is 0 Å². The number of likely N-dealkylation sites (tertiary alicyclic amines) is 1. The molecule has 1 N–H and O–H groups in total. The number of piperidine rings is 1. The SMILES string of the molecule is CCCCN1CCC(NCc2ccc(F)cc2Cl)CC1. The van der Waals surface area contributed by atoms with E-state index in [1.165, 1.54) is 57.5 Å². The minimum Gasteiger partial charge on any atom is -0.310 e. The van der Waals surface area contributed by atoms with E-state index in [0.29, 0.717) is 11.1 Å². The molecule has 2 nitrogen and oxygen atoms in total. The maximum absolute atomic E-state index is 13.0. The Morgan fingerprint density at radius 1 is 1.35 bits per heavy atom. The van der Waals surface area contributed by atoms with E-state index < -0.39 is 0 Å². The highest BCUT2D eigenvalue weighted by Crippen LogP contribution is 2.18. The van der Waals surface area contributed by atoms with Crippen molar-refractivity contribution in [1.29, 1.82) is 0 Å². The maximum Gasteiger partial charge on any atom is 0.124 e. The van der Waals surface area contributed by atoms with Crippen molar-refractivity contribution in [3.05, 3.63) is 34.6 Å². The topological polar surface area (TPSA) is 15.3 Å². The first-order valence-electron chi connectivity index (χ1n) is 7.58. The van der Waals surface area contributed by atoms with Crippen LogP contribution in [0.3, 0.4) is 0 Å². The standard InChI is InChI=1S/C16H24ClFN2/c1-2-3-8-20-9-6-15(7-10-20)19-12-13-4-5-14(18)11-16(13)17/h4-5,11,15,19H,2-3,6-10,12H2,1H3. The molecule has 1 aromatic carbocycles. The van der Waals surface area contributed by atoms with Crippen LogP contribution in [0.1, 0.15) is 38.2 Å². The van der Waals surface area contributed by atoms with Crippen LogP contribution in [0.2, 0.25) is 5.02 Å². The average molecular weight is 299 g/mol. The third-order valence-corrected chi connectivity index (χ3v) is 4.36. The van der Waals surface area contributed by atoms with E-state index >= 15 is 0 Å². The van der Waals surface area contributed by atoms with Gasteiger partial charge in [-0.2, -0.15) is 0 Å². The molecular formula is C16H24ClFN2. The first-order valence-corrected chi connectivity index (χ1v) is 7.96. The van der Waals surface area contributed by atoms with Gasteiger partial charge in [-0.1, -0.05) is 31.0 Å². The molecular weight excluding hydrogens is 275 g/mol. The molecule has 4 heteroatoms. The molecule has 0 unspecified atom stereocenters. The molecule has 2 rings (SSSR count). The van der Waals surface area contributed by atoms with Crippen molar-refractivity contribution in [1.82, 2.24) is 10.2 Å². The van der Waals surface area contributed by atoms with E-state index in [1.54, 1.807) is 6.07 Å². The largest absolute Gasteiger partial charge is 0.310 e. The van der Waals surface area contributed by atoms with Crippen molar-refractivity contribution in [3.8, 4) is 0 Å². The fourth-order valence-corrected chi connectivity index (χ4v) is 2.90. The van der Waals surface area contributed by atoms with Gasteiger partial charge >= 0.3 is 0 Å². The minimum absolute atomic E-state index is 0.275. The van der Waals surface area contributed by atoms with E-state index in [1.807, 2.05) is 0 Å². The second-order valence-corrected chi connectivity index (χ2v) is 5.99. The summed E-state index contributed by atoms with van der Waals surface area (Å²) in [6.45, 7) is 6.54. The molecule has 1 aliphatic heterocycles. The molecule has 1 aromatic rings. The molecule has 0 bridgehead atoms. The summed E-state index contributed by atoms with van der Waals surface area (Å²) in [5, 5.41) is 4.05. The van der Waals surface area contributed by atoms with Crippen LogP contribution in [0.25, 0.3) is 0 Å². The summed E-state index contributed by atoms with van der Waals surface area (Å²) in [4.78, 5) is 2.55. The van der Waals surface area contributed by atoms with Gasteiger partial charge < -0.3 is 10.2 Å². The second-order valence-electron chi connectivity index (χ2n) is 5.59. The Balaban J connectivity index is 1.73. The number of unbranched alkanes of at least 4 members (excludes halogenated alkanes) is 1. The summed E-state index contributed by atoms with van der Waals surface area (Å²) < 4.78 is 13.0. The van der Waals surface area contributed by atoms with Crippen LogP contribution in [0.5, 0.6) is 0 Å². The Morgan fingerprint density at radius 3 is 2.75 bits per heavy atom. The first kappa shape index (κ1) is 15.7. The van der Waals surface area contributed by atoms with E-state index in [-0.39, 0.29) is 5.82 Å². The normalized spacial score (nSPS) is 17.6. The van der Waals surface area contributed by atoms with Gasteiger partial charge in [-0.05, 0) is 56.6 Å². The molecule has 1 saturated heterocycles. The smallest absolute Gasteiger partial charge is 0.124 e. The molecule has 0 atom stereocenters. The van der Waals surface area contributed by atoms with Gasteiger partial charge in [0.15, 0.2) is 0 Å². The highest BCUT2D eigenvalue weighted by molar-refractivity contribution is 6.31. The molecule has 0 spiro atoms. The summed E-state index contributed by atoms with van der Waals surface area (Å²) in [7, 11) is 0. The fourth-order valence-electron chi connectivity index (χ4n) is 2.66. The Bertz CT molecular complexity index is 417. The fraction of sp³-hybridized carbons (Fsp3) is 0.625. The van der Waals surface area contributed by atoms with Crippen molar-refractivity contribution in [2.75, 3.05) is 19.6 Å². The lowest BCUT2D eigenvalue weighted by molar-refractivity contribution is 0.195. The van der Waals surface area contributed by atoms with Crippen LogP contribution in [-0.2, 0) is 6.54 Å². The van der Waals surface area contributed by atoms with E-state index in [4.69, 9.17) is 11.6 Å². The third kappa shape index (κ3) is 4.72. The van der Waals surface area contributed by atoms with E-state index in [2.05, 4.69) is 17.1 Å². The summed E-state index contributed by atoms with van der Waals surface area (Å²) in [5.74, 6) is -0.275. The molecule has 0 saturated carbocycles. The van der Waals surface area contributed by atoms with Crippen LogP contribution in [0, 0.1) is 5.82 Å². The van der Waals surface area contributed by atoms with Crippen LogP contribution in [0.4, 0.5) is 4.39 Å². The highest BCUT2D eigenvalue weighted by atomic mass is 35.5. The van der Waals surface area contributed by atoms with E-state index in [0.717, 1.165) is 12.1 Å². The first-order chi connectivity index (χ1) is 9.69. The van der Waals surface area contributed by atoms with Gasteiger partial charge in [0.1, 0.15) is 5.82 Å². The number of hydrogen-bond acceptors (Lipinski definition) is 2. The van der Waals surface area contributed by atoms with Crippen molar-refractivity contribution >= 4 is 11.6 Å². The molecule has 0 aromatic heterocycles. The quantitative estimate of drug-likeness (QED) is 0.858. The van der Waals surface area contributed by atoms with Gasteiger partial charge in [0.05, 0.1) is 0 Å². The minimum atomic E-state index is -0.275.